The van der Waals surface area contributed by atoms with E-state index in [-0.39, 0.29) is 31.8 Å². The van der Waals surface area contributed by atoms with Crippen LogP contribution in [0.2, 0.25) is 0 Å². The molecule has 7 heteroatoms. The first-order valence-electron chi connectivity index (χ1n) is 14.5. The summed E-state index contributed by atoms with van der Waals surface area (Å²) in [5.41, 5.74) is 8.43. The van der Waals surface area contributed by atoms with Crippen molar-refractivity contribution in [3.05, 3.63) is 83.4 Å². The van der Waals surface area contributed by atoms with Crippen LogP contribution >= 0.6 is 34.9 Å². The molecule has 0 atom stereocenters. The van der Waals surface area contributed by atoms with E-state index in [4.69, 9.17) is 19.1 Å². The molecular formula is C34H56Cl2N2P2Pd. The van der Waals surface area contributed by atoms with E-state index >= 15 is 0 Å². The molecule has 0 radical (unpaired) electrons. The Morgan fingerprint density at radius 2 is 0.805 bits per heavy atom. The molecule has 0 aliphatic carbocycles. The van der Waals surface area contributed by atoms with Gasteiger partial charge in [0.1, 0.15) is 0 Å². The summed E-state index contributed by atoms with van der Waals surface area (Å²) in [6.45, 7) is 18.7. The molecule has 0 heterocycles. The molecule has 236 valence electrons. The van der Waals surface area contributed by atoms with Crippen LogP contribution in [0.1, 0.15) is 66.5 Å². The minimum atomic E-state index is -0.106. The first-order valence-corrected chi connectivity index (χ1v) is 21.6. The average molecular weight is 732 g/mol. The van der Waals surface area contributed by atoms with Gasteiger partial charge in [-0.1, -0.05) is 119 Å². The number of anilines is 2. The summed E-state index contributed by atoms with van der Waals surface area (Å²) in [4.78, 5) is 4.27. The third-order valence-corrected chi connectivity index (χ3v) is 12.4. The molecule has 0 aliphatic heterocycles. The molecule has 2 rings (SSSR count). The van der Waals surface area contributed by atoms with E-state index in [9.17, 15) is 0 Å². The van der Waals surface area contributed by atoms with Crippen molar-refractivity contribution < 1.29 is 15.9 Å². The second-order valence-electron chi connectivity index (χ2n) is 11.6. The topological polar surface area (TPSA) is 6.48 Å². The molecule has 0 bridgehead atoms. The fraction of sp³-hybridized carbons (Fsp3) is 0.529. The van der Waals surface area contributed by atoms with Crippen molar-refractivity contribution in [3.63, 3.8) is 0 Å². The third-order valence-electron chi connectivity index (χ3n) is 6.55. The SMILES string of the molecule is CC(C)P(C=CCc1ccc(N(C)C)cc1)C(C)C.CC(C)P(C=CCc1ccc(N(C)C)cc1)C(C)C.[Cl][Pd][Cl]. The number of halogens is 2. The quantitative estimate of drug-likeness (QED) is 0.158. The van der Waals surface area contributed by atoms with Crippen LogP contribution in [-0.2, 0) is 28.8 Å². The number of benzene rings is 2. The zero-order valence-electron chi connectivity index (χ0n) is 27.5. The summed E-state index contributed by atoms with van der Waals surface area (Å²) >= 11 is -0.106. The van der Waals surface area contributed by atoms with Gasteiger partial charge in [-0.2, -0.15) is 0 Å². The summed E-state index contributed by atoms with van der Waals surface area (Å²) in [5, 5.41) is 0. The maximum absolute atomic E-state index is 4.81. The molecule has 0 unspecified atom stereocenters. The molecule has 0 N–H and O–H groups in total. The van der Waals surface area contributed by atoms with E-state index in [1.54, 1.807) is 0 Å². The summed E-state index contributed by atoms with van der Waals surface area (Å²) in [6, 6.07) is 17.7. The maximum atomic E-state index is 4.81. The fourth-order valence-electron chi connectivity index (χ4n) is 4.36. The van der Waals surface area contributed by atoms with Gasteiger partial charge in [0.05, 0.1) is 0 Å². The number of nitrogens with zero attached hydrogens (tertiary/aromatic N) is 2. The Hall–Kier alpha value is -0.378. The zero-order valence-corrected chi connectivity index (χ0v) is 32.4. The molecule has 0 spiro atoms. The Morgan fingerprint density at radius 3 is 1.00 bits per heavy atom. The van der Waals surface area contributed by atoms with Crippen molar-refractivity contribution in [2.75, 3.05) is 38.0 Å². The third kappa shape index (κ3) is 18.1. The number of hydrogen-bond donors (Lipinski definition) is 0. The van der Waals surface area contributed by atoms with E-state index in [0.717, 1.165) is 35.5 Å². The van der Waals surface area contributed by atoms with Gasteiger partial charge >= 0.3 is 35.0 Å². The van der Waals surface area contributed by atoms with Crippen LogP contribution in [0, 0.1) is 0 Å². The minimum absolute atomic E-state index is 0.0198. The van der Waals surface area contributed by atoms with Gasteiger partial charge < -0.3 is 9.80 Å². The molecule has 0 amide bonds. The van der Waals surface area contributed by atoms with Crippen molar-refractivity contribution in [1.29, 1.82) is 0 Å². The van der Waals surface area contributed by atoms with Crippen molar-refractivity contribution in [3.8, 4) is 0 Å². The van der Waals surface area contributed by atoms with E-state index in [1.165, 1.54) is 22.5 Å². The zero-order chi connectivity index (χ0) is 31.5. The van der Waals surface area contributed by atoms with Crippen LogP contribution in [-0.4, -0.2) is 50.8 Å². The molecule has 0 saturated carbocycles. The van der Waals surface area contributed by atoms with Crippen LogP contribution in [0.15, 0.2) is 72.3 Å². The predicted molar refractivity (Wildman–Crippen MR) is 193 cm³/mol. The van der Waals surface area contributed by atoms with Crippen LogP contribution in [0.25, 0.3) is 0 Å². The summed E-state index contributed by atoms with van der Waals surface area (Å²) in [7, 11) is 18.0. The second kappa shape index (κ2) is 23.1. The Balaban J connectivity index is 0.000000712. The van der Waals surface area contributed by atoms with Gasteiger partial charge in [-0.25, -0.2) is 0 Å². The Bertz CT molecular complexity index is 878. The molecule has 0 saturated heterocycles. The van der Waals surface area contributed by atoms with Gasteiger partial charge in [0, 0.05) is 39.6 Å². The van der Waals surface area contributed by atoms with Crippen molar-refractivity contribution in [1.82, 2.24) is 0 Å². The molecule has 41 heavy (non-hydrogen) atoms. The van der Waals surface area contributed by atoms with E-state index < -0.39 is 0 Å². The molecular weight excluding hydrogens is 676 g/mol. The first-order chi connectivity index (χ1) is 19.2. The Labute approximate surface area is 273 Å². The summed E-state index contributed by atoms with van der Waals surface area (Å²) in [6.07, 6.45) is 6.81. The summed E-state index contributed by atoms with van der Waals surface area (Å²) < 4.78 is 0. The first kappa shape index (κ1) is 40.6. The van der Waals surface area contributed by atoms with Gasteiger partial charge in [0.15, 0.2) is 0 Å². The van der Waals surface area contributed by atoms with E-state index in [1.807, 2.05) is 0 Å². The molecule has 0 fully saturated rings. The van der Waals surface area contributed by atoms with Crippen molar-refractivity contribution in [2.24, 2.45) is 0 Å². The van der Waals surface area contributed by atoms with Gasteiger partial charge in [-0.05, 0) is 70.9 Å². The Kier molecular flexibility index (Phi) is 22.9. The average Bonchev–Trinajstić information content (AvgIpc) is 2.89. The predicted octanol–water partition coefficient (Wildman–Crippen LogP) is 11.6. The molecule has 0 aromatic heterocycles. The normalized spacial score (nSPS) is 11.7. The van der Waals surface area contributed by atoms with Crippen LogP contribution < -0.4 is 9.80 Å². The van der Waals surface area contributed by atoms with Gasteiger partial charge in [0.25, 0.3) is 0 Å². The summed E-state index contributed by atoms with van der Waals surface area (Å²) in [5.74, 6) is 4.93. The number of hydrogen-bond acceptors (Lipinski definition) is 2. The Morgan fingerprint density at radius 1 is 0.561 bits per heavy atom. The monoisotopic (exact) mass is 730 g/mol. The molecule has 2 aromatic rings. The number of allylic oxidation sites excluding steroid dienone is 2. The number of rotatable bonds is 12. The van der Waals surface area contributed by atoms with Gasteiger partial charge in [-0.3, -0.25) is 0 Å². The van der Waals surface area contributed by atoms with Gasteiger partial charge in [0.2, 0.25) is 0 Å². The standard InChI is InChI=1S/2C17H28NP.2ClH.Pd/c2*1-14(2)19(15(3)4)13-7-8-16-9-11-17(12-10-16)18(5)6;;;/h2*7,9-15H,8H2,1-6H3;2*1H;/q;;;;+2/p-2. The van der Waals surface area contributed by atoms with Crippen molar-refractivity contribution in [2.45, 2.75) is 90.9 Å². The van der Waals surface area contributed by atoms with E-state index in [0.29, 0.717) is 0 Å². The van der Waals surface area contributed by atoms with Gasteiger partial charge in [-0.15, -0.1) is 0 Å². The van der Waals surface area contributed by atoms with E-state index in [2.05, 4.69) is 166 Å². The molecule has 0 aliphatic rings. The molecule has 2 nitrogen and oxygen atoms in total. The van der Waals surface area contributed by atoms with Crippen LogP contribution in [0.3, 0.4) is 0 Å². The molecule has 2 aromatic carbocycles. The fourth-order valence-corrected chi connectivity index (χ4v) is 8.82. The second-order valence-corrected chi connectivity index (χ2v) is 20.5. The van der Waals surface area contributed by atoms with Crippen LogP contribution in [0.5, 0.6) is 0 Å². The van der Waals surface area contributed by atoms with Crippen LogP contribution in [0.4, 0.5) is 11.4 Å². The van der Waals surface area contributed by atoms with Crippen molar-refractivity contribution >= 4 is 46.3 Å².